The number of benzene rings is 1. The molecule has 0 saturated heterocycles. The number of fused-ring (bicyclic) bond motifs is 1. The van der Waals surface area contributed by atoms with Gasteiger partial charge in [-0.3, -0.25) is 9.59 Å². The molecular weight excluding hydrogens is 268 g/mol. The Morgan fingerprint density at radius 2 is 2.14 bits per heavy atom. The second kappa shape index (κ2) is 5.85. The van der Waals surface area contributed by atoms with Crippen LogP contribution in [0.25, 0.3) is 0 Å². The Kier molecular flexibility index (Phi) is 4.32. The maximum atomic E-state index is 12.4. The summed E-state index contributed by atoms with van der Waals surface area (Å²) in [6.07, 6.45) is 0.829. The summed E-state index contributed by atoms with van der Waals surface area (Å²) >= 11 is 0. The van der Waals surface area contributed by atoms with Crippen molar-refractivity contribution >= 4 is 17.5 Å². The van der Waals surface area contributed by atoms with Crippen LogP contribution in [0.15, 0.2) is 18.2 Å². The predicted molar refractivity (Wildman–Crippen MR) is 81.2 cm³/mol. The largest absolute Gasteiger partial charge is 0.396 e. The number of hydrogen-bond acceptors (Lipinski definition) is 3. The lowest BCUT2D eigenvalue weighted by atomic mass is 9.84. The van der Waals surface area contributed by atoms with E-state index in [1.54, 1.807) is 18.2 Å². The number of hydrogen-bond donors (Lipinski definition) is 3. The van der Waals surface area contributed by atoms with Crippen molar-refractivity contribution in [2.75, 3.05) is 11.9 Å². The molecule has 1 aromatic rings. The zero-order valence-corrected chi connectivity index (χ0v) is 12.7. The molecule has 0 aliphatic carbocycles. The van der Waals surface area contributed by atoms with Crippen LogP contribution >= 0.6 is 0 Å². The van der Waals surface area contributed by atoms with Gasteiger partial charge in [-0.15, -0.1) is 0 Å². The molecule has 0 bridgehead atoms. The molecular formula is C16H22N2O3. The molecule has 0 saturated carbocycles. The number of aliphatic hydroxyl groups excluding tert-OH is 1. The Labute approximate surface area is 124 Å². The number of nitrogens with one attached hydrogen (secondary N) is 2. The molecule has 2 amide bonds. The fraction of sp³-hybridized carbons (Fsp3) is 0.500. The highest BCUT2D eigenvalue weighted by Gasteiger charge is 2.26. The van der Waals surface area contributed by atoms with Crippen LogP contribution < -0.4 is 10.6 Å². The van der Waals surface area contributed by atoms with Gasteiger partial charge >= 0.3 is 0 Å². The van der Waals surface area contributed by atoms with Gasteiger partial charge < -0.3 is 15.7 Å². The van der Waals surface area contributed by atoms with E-state index in [1.807, 2.05) is 20.8 Å². The lowest BCUT2D eigenvalue weighted by Gasteiger charge is -2.31. The Bertz CT molecular complexity index is 561. The van der Waals surface area contributed by atoms with Gasteiger partial charge in [0.1, 0.15) is 0 Å². The third kappa shape index (κ3) is 3.61. The highest BCUT2D eigenvalue weighted by Crippen LogP contribution is 2.25. The van der Waals surface area contributed by atoms with Crippen molar-refractivity contribution in [2.24, 2.45) is 5.41 Å². The number of carbonyl (C=O) groups excluding carboxylic acids is 2. The van der Waals surface area contributed by atoms with E-state index in [4.69, 9.17) is 5.11 Å². The van der Waals surface area contributed by atoms with Crippen molar-refractivity contribution in [3.8, 4) is 0 Å². The van der Waals surface area contributed by atoms with E-state index < -0.39 is 0 Å². The summed E-state index contributed by atoms with van der Waals surface area (Å²) in [5, 5.41) is 14.9. The summed E-state index contributed by atoms with van der Waals surface area (Å²) in [6, 6.07) is 5.11. The summed E-state index contributed by atoms with van der Waals surface area (Å²) in [4.78, 5) is 23.7. The second-order valence-corrected chi connectivity index (χ2v) is 6.50. The summed E-state index contributed by atoms with van der Waals surface area (Å²) in [7, 11) is 0. The normalized spacial score (nSPS) is 15.3. The number of amides is 2. The van der Waals surface area contributed by atoms with E-state index in [1.165, 1.54) is 0 Å². The van der Waals surface area contributed by atoms with Crippen LogP contribution in [-0.4, -0.2) is 29.6 Å². The average molecular weight is 290 g/mol. The van der Waals surface area contributed by atoms with Crippen molar-refractivity contribution in [1.29, 1.82) is 0 Å². The SMILES string of the molecule is CC(C)(C)C(CCO)NC(=O)c1ccc2c(c1)CC(=O)N2. The van der Waals surface area contributed by atoms with Gasteiger partial charge in [-0.1, -0.05) is 20.8 Å². The van der Waals surface area contributed by atoms with Crippen molar-refractivity contribution in [1.82, 2.24) is 5.32 Å². The van der Waals surface area contributed by atoms with Gasteiger partial charge in [0, 0.05) is 23.9 Å². The molecule has 0 aromatic heterocycles. The quantitative estimate of drug-likeness (QED) is 0.790. The fourth-order valence-corrected chi connectivity index (χ4v) is 2.46. The van der Waals surface area contributed by atoms with Crippen LogP contribution in [0.4, 0.5) is 5.69 Å². The molecule has 1 aromatic carbocycles. The lowest BCUT2D eigenvalue weighted by Crippen LogP contribution is -2.44. The van der Waals surface area contributed by atoms with Gasteiger partial charge in [0.15, 0.2) is 0 Å². The maximum absolute atomic E-state index is 12.4. The number of anilines is 1. The summed E-state index contributed by atoms with van der Waals surface area (Å²) in [5.41, 5.74) is 2.03. The third-order valence-electron chi connectivity index (χ3n) is 3.76. The van der Waals surface area contributed by atoms with E-state index in [2.05, 4.69) is 10.6 Å². The lowest BCUT2D eigenvalue weighted by molar-refractivity contribution is -0.115. The smallest absolute Gasteiger partial charge is 0.251 e. The van der Waals surface area contributed by atoms with E-state index >= 15 is 0 Å². The second-order valence-electron chi connectivity index (χ2n) is 6.50. The minimum absolute atomic E-state index is 0.0326. The minimum atomic E-state index is -0.175. The van der Waals surface area contributed by atoms with Crippen LogP contribution in [-0.2, 0) is 11.2 Å². The molecule has 0 fully saturated rings. The molecule has 1 heterocycles. The Hall–Kier alpha value is -1.88. The first kappa shape index (κ1) is 15.5. The van der Waals surface area contributed by atoms with Gasteiger partial charge in [-0.05, 0) is 35.6 Å². The molecule has 21 heavy (non-hydrogen) atoms. The number of rotatable bonds is 4. The zero-order valence-electron chi connectivity index (χ0n) is 12.7. The molecule has 1 unspecified atom stereocenters. The molecule has 0 radical (unpaired) electrons. The van der Waals surface area contributed by atoms with Crippen molar-refractivity contribution in [3.05, 3.63) is 29.3 Å². The number of carbonyl (C=O) groups is 2. The van der Waals surface area contributed by atoms with Crippen LogP contribution in [0.1, 0.15) is 43.1 Å². The topological polar surface area (TPSA) is 78.4 Å². The van der Waals surface area contributed by atoms with Crippen molar-refractivity contribution in [3.63, 3.8) is 0 Å². The van der Waals surface area contributed by atoms with Gasteiger partial charge in [0.05, 0.1) is 6.42 Å². The monoisotopic (exact) mass is 290 g/mol. The van der Waals surface area contributed by atoms with Crippen LogP contribution in [0, 0.1) is 5.41 Å². The molecule has 2 rings (SSSR count). The first-order valence-corrected chi connectivity index (χ1v) is 7.16. The molecule has 1 aliphatic rings. The Balaban J connectivity index is 2.13. The Morgan fingerprint density at radius 1 is 1.43 bits per heavy atom. The summed E-state index contributed by atoms with van der Waals surface area (Å²) in [5.74, 6) is -0.221. The van der Waals surface area contributed by atoms with Crippen LogP contribution in [0.5, 0.6) is 0 Å². The third-order valence-corrected chi connectivity index (χ3v) is 3.76. The molecule has 5 heteroatoms. The molecule has 1 atom stereocenters. The van der Waals surface area contributed by atoms with E-state index in [9.17, 15) is 9.59 Å². The van der Waals surface area contributed by atoms with Gasteiger partial charge in [-0.2, -0.15) is 0 Å². The molecule has 0 spiro atoms. The highest BCUT2D eigenvalue weighted by atomic mass is 16.3. The van der Waals surface area contributed by atoms with Gasteiger partial charge in [-0.25, -0.2) is 0 Å². The summed E-state index contributed by atoms with van der Waals surface area (Å²) in [6.45, 7) is 6.11. The number of aliphatic hydroxyl groups is 1. The van der Waals surface area contributed by atoms with Crippen LogP contribution in [0.3, 0.4) is 0 Å². The molecule has 1 aliphatic heterocycles. The summed E-state index contributed by atoms with van der Waals surface area (Å²) < 4.78 is 0. The average Bonchev–Trinajstić information content (AvgIpc) is 2.75. The van der Waals surface area contributed by atoms with E-state index in [0.29, 0.717) is 18.4 Å². The molecule has 114 valence electrons. The predicted octanol–water partition coefficient (Wildman–Crippen LogP) is 1.71. The molecule has 3 N–H and O–H groups in total. The zero-order chi connectivity index (χ0) is 15.6. The highest BCUT2D eigenvalue weighted by molar-refractivity contribution is 6.01. The minimum Gasteiger partial charge on any atom is -0.396 e. The maximum Gasteiger partial charge on any atom is 0.251 e. The van der Waals surface area contributed by atoms with E-state index in [0.717, 1.165) is 11.3 Å². The first-order chi connectivity index (χ1) is 9.81. The van der Waals surface area contributed by atoms with Crippen molar-refractivity contribution in [2.45, 2.75) is 39.7 Å². The van der Waals surface area contributed by atoms with Gasteiger partial charge in [0.2, 0.25) is 5.91 Å². The van der Waals surface area contributed by atoms with Crippen molar-refractivity contribution < 1.29 is 14.7 Å². The van der Waals surface area contributed by atoms with E-state index in [-0.39, 0.29) is 29.9 Å². The fourth-order valence-electron chi connectivity index (χ4n) is 2.46. The van der Waals surface area contributed by atoms with Gasteiger partial charge in [0.25, 0.3) is 5.91 Å². The first-order valence-electron chi connectivity index (χ1n) is 7.16. The van der Waals surface area contributed by atoms with Crippen LogP contribution in [0.2, 0.25) is 0 Å². The molecule has 5 nitrogen and oxygen atoms in total. The Morgan fingerprint density at radius 3 is 2.76 bits per heavy atom. The standard InChI is InChI=1S/C16H22N2O3/c1-16(2,3)13(6-7-19)18-15(21)10-4-5-12-11(8-10)9-14(20)17-12/h4-5,8,13,19H,6-7,9H2,1-3H3,(H,17,20)(H,18,21).